The topological polar surface area (TPSA) is 43.1 Å². The molecule has 4 heteroatoms. The molecular weight excluding hydrogens is 185 g/mol. The van der Waals surface area contributed by atoms with Crippen LogP contribution in [0.2, 0.25) is 0 Å². The van der Waals surface area contributed by atoms with Crippen LogP contribution < -0.4 is 0 Å². The molecule has 1 unspecified atom stereocenters. The minimum atomic E-state index is -0.558. The van der Waals surface area contributed by atoms with E-state index in [2.05, 4.69) is 6.92 Å². The summed E-state index contributed by atoms with van der Waals surface area (Å²) in [5, 5.41) is 10.5. The summed E-state index contributed by atoms with van der Waals surface area (Å²) < 4.78 is 12.3. The highest BCUT2D eigenvalue weighted by Crippen LogP contribution is 2.23. The Bertz CT molecular complexity index is 352. The van der Waals surface area contributed by atoms with Crippen LogP contribution in [-0.2, 0) is 0 Å². The molecule has 1 atom stereocenters. The molecule has 1 aromatic carbocycles. The summed E-state index contributed by atoms with van der Waals surface area (Å²) >= 11 is 0. The van der Waals surface area contributed by atoms with E-state index in [0.29, 0.717) is 11.1 Å². The Kier molecular flexibility index (Phi) is 3.17. The van der Waals surface area contributed by atoms with Crippen LogP contribution in [0.3, 0.4) is 0 Å². The van der Waals surface area contributed by atoms with Crippen LogP contribution in [0.15, 0.2) is 18.2 Å². The van der Waals surface area contributed by atoms with Crippen LogP contribution in [0.4, 0.5) is 10.1 Å². The zero-order valence-corrected chi connectivity index (χ0v) is 7.87. The molecule has 0 heterocycles. The Morgan fingerprint density at radius 2 is 2.29 bits per heavy atom. The van der Waals surface area contributed by atoms with E-state index in [1.807, 2.05) is 0 Å². The second kappa shape index (κ2) is 4.17. The summed E-state index contributed by atoms with van der Waals surface area (Å²) in [6.45, 7) is 4.67. The summed E-state index contributed by atoms with van der Waals surface area (Å²) in [4.78, 5) is 10.0. The van der Waals surface area contributed by atoms with Crippen LogP contribution in [0, 0.1) is 24.0 Å². The summed E-state index contributed by atoms with van der Waals surface area (Å²) in [5.41, 5.74) is 1.28. The van der Waals surface area contributed by atoms with Gasteiger partial charge in [-0.25, -0.2) is 0 Å². The number of hydrogen-bond donors (Lipinski definition) is 0. The van der Waals surface area contributed by atoms with E-state index in [4.69, 9.17) is 0 Å². The third-order valence-electron chi connectivity index (χ3n) is 2.08. The molecule has 3 nitrogen and oxygen atoms in total. The number of nitro groups is 1. The number of benzene rings is 1. The van der Waals surface area contributed by atoms with Gasteiger partial charge in [-0.15, -0.1) is 0 Å². The van der Waals surface area contributed by atoms with E-state index >= 15 is 0 Å². The third kappa shape index (κ3) is 2.07. The van der Waals surface area contributed by atoms with Crippen molar-refractivity contribution in [3.63, 3.8) is 0 Å². The molecule has 0 aliphatic carbocycles. The first-order valence-electron chi connectivity index (χ1n) is 4.20. The summed E-state index contributed by atoms with van der Waals surface area (Å²) in [6.07, 6.45) is 0. The van der Waals surface area contributed by atoms with Crippen molar-refractivity contribution in [1.29, 1.82) is 0 Å². The molecule has 0 aliphatic rings. The van der Waals surface area contributed by atoms with Gasteiger partial charge in [-0.3, -0.25) is 14.5 Å². The molecule has 1 aromatic rings. The monoisotopic (exact) mass is 196 g/mol. The van der Waals surface area contributed by atoms with Crippen LogP contribution in [0.1, 0.15) is 17.0 Å². The highest BCUT2D eigenvalue weighted by atomic mass is 19.1. The fourth-order valence-electron chi connectivity index (χ4n) is 1.23. The lowest BCUT2D eigenvalue weighted by Gasteiger charge is -2.07. The molecule has 1 rings (SSSR count). The smallest absolute Gasteiger partial charge is 0.258 e. The Morgan fingerprint density at radius 1 is 1.64 bits per heavy atom. The van der Waals surface area contributed by atoms with Gasteiger partial charge in [0.15, 0.2) is 0 Å². The first-order valence-corrected chi connectivity index (χ1v) is 4.20. The highest BCUT2D eigenvalue weighted by molar-refractivity contribution is 5.43. The van der Waals surface area contributed by atoms with Crippen molar-refractivity contribution < 1.29 is 9.31 Å². The maximum Gasteiger partial charge on any atom is 0.272 e. The second-order valence-corrected chi connectivity index (χ2v) is 3.15. The largest absolute Gasteiger partial charge is 0.272 e. The third-order valence-corrected chi connectivity index (χ3v) is 2.08. The lowest BCUT2D eigenvalue weighted by molar-refractivity contribution is -0.385. The van der Waals surface area contributed by atoms with Gasteiger partial charge in [0.1, 0.15) is 0 Å². The molecule has 0 aromatic heterocycles. The number of halogens is 1. The zero-order valence-electron chi connectivity index (χ0n) is 7.87. The minimum Gasteiger partial charge on any atom is -0.258 e. The maximum atomic E-state index is 12.3. The summed E-state index contributed by atoms with van der Waals surface area (Å²) in [7, 11) is 0. The van der Waals surface area contributed by atoms with Crippen molar-refractivity contribution in [3.8, 4) is 0 Å². The van der Waals surface area contributed by atoms with Crippen molar-refractivity contribution in [2.45, 2.75) is 12.8 Å². The molecule has 0 saturated heterocycles. The van der Waals surface area contributed by atoms with Gasteiger partial charge >= 0.3 is 0 Å². The van der Waals surface area contributed by atoms with Gasteiger partial charge in [-0.2, -0.15) is 0 Å². The molecule has 0 bridgehead atoms. The van der Waals surface area contributed by atoms with Gasteiger partial charge in [0, 0.05) is 17.5 Å². The maximum absolute atomic E-state index is 12.3. The van der Waals surface area contributed by atoms with Gasteiger partial charge in [-0.05, 0) is 25.5 Å². The van der Waals surface area contributed by atoms with Crippen LogP contribution >= 0.6 is 0 Å². The first-order chi connectivity index (χ1) is 6.56. The SMILES string of the molecule is [CH2]C(CF)c1ccc([N+](=O)[O-])c(C)c1. The highest BCUT2D eigenvalue weighted by Gasteiger charge is 2.12. The van der Waals surface area contributed by atoms with E-state index in [9.17, 15) is 14.5 Å². The van der Waals surface area contributed by atoms with Gasteiger partial charge in [-0.1, -0.05) is 6.07 Å². The Labute approximate surface area is 81.7 Å². The van der Waals surface area contributed by atoms with Crippen molar-refractivity contribution in [1.82, 2.24) is 0 Å². The van der Waals surface area contributed by atoms with Crippen molar-refractivity contribution in [2.24, 2.45) is 0 Å². The molecular formula is C10H11FNO2. The van der Waals surface area contributed by atoms with Crippen molar-refractivity contribution >= 4 is 5.69 Å². The predicted octanol–water partition coefficient (Wildman–Crippen LogP) is 2.79. The lowest BCUT2D eigenvalue weighted by atomic mass is 10.00. The van der Waals surface area contributed by atoms with E-state index in [1.165, 1.54) is 6.07 Å². The lowest BCUT2D eigenvalue weighted by Crippen LogP contribution is -1.98. The van der Waals surface area contributed by atoms with E-state index in [1.54, 1.807) is 19.1 Å². The molecule has 0 aliphatic heterocycles. The molecule has 1 radical (unpaired) electrons. The molecule has 0 saturated carbocycles. The first kappa shape index (κ1) is 10.6. The number of nitro benzene ring substituents is 1. The number of hydrogen-bond acceptors (Lipinski definition) is 2. The number of alkyl halides is 1. The van der Waals surface area contributed by atoms with Gasteiger partial charge in [0.2, 0.25) is 0 Å². The van der Waals surface area contributed by atoms with E-state index < -0.39 is 17.5 Å². The Morgan fingerprint density at radius 3 is 2.71 bits per heavy atom. The molecule has 0 fully saturated rings. The minimum absolute atomic E-state index is 0.0554. The zero-order chi connectivity index (χ0) is 10.7. The summed E-state index contributed by atoms with van der Waals surface area (Å²) in [6, 6.07) is 4.54. The predicted molar refractivity (Wildman–Crippen MR) is 51.9 cm³/mol. The fourth-order valence-corrected chi connectivity index (χ4v) is 1.23. The van der Waals surface area contributed by atoms with E-state index in [-0.39, 0.29) is 5.69 Å². The van der Waals surface area contributed by atoms with E-state index in [0.717, 1.165) is 0 Å². The Balaban J connectivity index is 3.06. The van der Waals surface area contributed by atoms with Crippen molar-refractivity contribution in [2.75, 3.05) is 6.67 Å². The number of rotatable bonds is 3. The quantitative estimate of drug-likeness (QED) is 0.551. The average Bonchev–Trinajstić information content (AvgIpc) is 2.15. The molecule has 0 amide bonds. The van der Waals surface area contributed by atoms with Crippen LogP contribution in [0.5, 0.6) is 0 Å². The fraction of sp³-hybridized carbons (Fsp3) is 0.300. The number of nitrogens with zero attached hydrogens (tertiary/aromatic N) is 1. The normalized spacial score (nSPS) is 12.5. The second-order valence-electron chi connectivity index (χ2n) is 3.15. The number of aryl methyl sites for hydroxylation is 1. The van der Waals surface area contributed by atoms with Gasteiger partial charge in [0.05, 0.1) is 11.6 Å². The average molecular weight is 196 g/mol. The van der Waals surface area contributed by atoms with Crippen LogP contribution in [-0.4, -0.2) is 11.6 Å². The van der Waals surface area contributed by atoms with Gasteiger partial charge in [0.25, 0.3) is 5.69 Å². The molecule has 75 valence electrons. The Hall–Kier alpha value is -1.45. The standard InChI is InChI=1S/C10H11FNO2/c1-7-5-9(8(2)6-11)3-4-10(7)12(13)14/h3-5,8H,2,6H2,1H3. The molecule has 0 N–H and O–H groups in total. The molecule has 0 spiro atoms. The van der Waals surface area contributed by atoms with Crippen LogP contribution in [0.25, 0.3) is 0 Å². The van der Waals surface area contributed by atoms with Crippen molar-refractivity contribution in [3.05, 3.63) is 46.4 Å². The summed E-state index contributed by atoms with van der Waals surface area (Å²) in [5.74, 6) is -0.450. The molecule has 14 heavy (non-hydrogen) atoms. The van der Waals surface area contributed by atoms with Gasteiger partial charge < -0.3 is 0 Å².